The van der Waals surface area contributed by atoms with Crippen LogP contribution < -0.4 is 0 Å². The number of nitrogens with zero attached hydrogens (tertiary/aromatic N) is 1. The molecule has 0 N–H and O–H groups in total. The zero-order valence-electron chi connectivity index (χ0n) is 13.5. The van der Waals surface area contributed by atoms with Gasteiger partial charge in [0.15, 0.2) is 12.4 Å². The van der Waals surface area contributed by atoms with Crippen molar-refractivity contribution in [2.75, 3.05) is 6.61 Å². The van der Waals surface area contributed by atoms with Gasteiger partial charge in [-0.1, -0.05) is 42.5 Å². The molecule has 0 unspecified atom stereocenters. The Hall–Kier alpha value is -3.28. The summed E-state index contributed by atoms with van der Waals surface area (Å²) in [6.07, 6.45) is 0. The smallest absolute Gasteiger partial charge is 0.329 e. The number of carbonyl (C=O) groups excluding carboxylic acids is 4. The van der Waals surface area contributed by atoms with Crippen molar-refractivity contribution in [2.24, 2.45) is 0 Å². The number of ether oxygens (including phenoxy) is 1. The lowest BCUT2D eigenvalue weighted by atomic mass is 10.1. The quantitative estimate of drug-likeness (QED) is 0.474. The molecule has 6 heteroatoms. The molecule has 1 heterocycles. The minimum absolute atomic E-state index is 0.257. The fraction of sp³-hybridized carbons (Fsp3) is 0.158. The van der Waals surface area contributed by atoms with Gasteiger partial charge in [-0.2, -0.15) is 0 Å². The van der Waals surface area contributed by atoms with Gasteiger partial charge in [-0.05, 0) is 19.1 Å². The van der Waals surface area contributed by atoms with E-state index in [1.807, 2.05) is 0 Å². The molecule has 6 nitrogen and oxygen atoms in total. The minimum atomic E-state index is -1.11. The fourth-order valence-corrected chi connectivity index (χ4v) is 2.63. The number of ketones is 1. The monoisotopic (exact) mass is 337 g/mol. The van der Waals surface area contributed by atoms with Crippen LogP contribution in [0.3, 0.4) is 0 Å². The maximum absolute atomic E-state index is 12.3. The van der Waals surface area contributed by atoms with E-state index in [4.69, 9.17) is 4.74 Å². The average Bonchev–Trinajstić information content (AvgIpc) is 2.90. The molecule has 0 radical (unpaired) electrons. The number of carbonyl (C=O) groups is 4. The van der Waals surface area contributed by atoms with E-state index in [1.54, 1.807) is 42.5 Å². The van der Waals surface area contributed by atoms with Crippen molar-refractivity contribution in [3.63, 3.8) is 0 Å². The molecular weight excluding hydrogens is 322 g/mol. The minimum Gasteiger partial charge on any atom is -0.456 e. The van der Waals surface area contributed by atoms with Crippen LogP contribution in [0, 0.1) is 0 Å². The summed E-state index contributed by atoms with van der Waals surface area (Å²) in [6.45, 7) is 0.952. The van der Waals surface area contributed by atoms with Crippen molar-refractivity contribution in [1.29, 1.82) is 0 Å². The molecule has 2 amide bonds. The van der Waals surface area contributed by atoms with Crippen LogP contribution in [0.4, 0.5) is 0 Å². The van der Waals surface area contributed by atoms with Crippen LogP contribution in [0.1, 0.15) is 38.0 Å². The lowest BCUT2D eigenvalue weighted by Gasteiger charge is -2.20. The predicted octanol–water partition coefficient (Wildman–Crippen LogP) is 2.10. The molecule has 2 aromatic rings. The Labute approximate surface area is 144 Å². The van der Waals surface area contributed by atoms with Crippen LogP contribution in [0.5, 0.6) is 0 Å². The molecule has 0 aromatic heterocycles. The molecule has 0 spiro atoms. The molecule has 1 aliphatic heterocycles. The number of hydrogen-bond acceptors (Lipinski definition) is 5. The second-order valence-electron chi connectivity index (χ2n) is 5.60. The molecular formula is C19H15NO5. The third-order valence-electron chi connectivity index (χ3n) is 4.00. The van der Waals surface area contributed by atoms with Crippen LogP contribution in [-0.4, -0.2) is 41.1 Å². The number of esters is 1. The number of amides is 2. The van der Waals surface area contributed by atoms with Gasteiger partial charge < -0.3 is 4.74 Å². The average molecular weight is 337 g/mol. The second kappa shape index (κ2) is 6.68. The van der Waals surface area contributed by atoms with Crippen LogP contribution in [0.15, 0.2) is 54.6 Å². The highest BCUT2D eigenvalue weighted by molar-refractivity contribution is 6.22. The van der Waals surface area contributed by atoms with Gasteiger partial charge in [0.1, 0.15) is 6.04 Å². The molecule has 0 fully saturated rings. The third-order valence-corrected chi connectivity index (χ3v) is 4.00. The van der Waals surface area contributed by atoms with Crippen LogP contribution in [0.2, 0.25) is 0 Å². The van der Waals surface area contributed by atoms with Crippen molar-refractivity contribution >= 4 is 23.6 Å². The summed E-state index contributed by atoms with van der Waals surface area (Å²) < 4.78 is 4.99. The van der Waals surface area contributed by atoms with Crippen LogP contribution >= 0.6 is 0 Å². The van der Waals surface area contributed by atoms with E-state index in [9.17, 15) is 19.2 Å². The first kappa shape index (κ1) is 16.6. The number of benzene rings is 2. The van der Waals surface area contributed by atoms with E-state index >= 15 is 0 Å². The van der Waals surface area contributed by atoms with Crippen LogP contribution in [0.25, 0.3) is 0 Å². The van der Waals surface area contributed by atoms with E-state index in [2.05, 4.69) is 0 Å². The molecule has 0 bridgehead atoms. The van der Waals surface area contributed by atoms with E-state index in [-0.39, 0.29) is 16.9 Å². The van der Waals surface area contributed by atoms with Gasteiger partial charge in [0, 0.05) is 5.56 Å². The van der Waals surface area contributed by atoms with Gasteiger partial charge in [-0.3, -0.25) is 19.3 Å². The Morgan fingerprint density at radius 2 is 1.44 bits per heavy atom. The first-order valence-electron chi connectivity index (χ1n) is 7.72. The van der Waals surface area contributed by atoms with Gasteiger partial charge in [-0.15, -0.1) is 0 Å². The normalized spacial score (nSPS) is 14.2. The van der Waals surface area contributed by atoms with Crippen molar-refractivity contribution in [1.82, 2.24) is 4.90 Å². The van der Waals surface area contributed by atoms with E-state index < -0.39 is 30.4 Å². The van der Waals surface area contributed by atoms with E-state index in [0.29, 0.717) is 5.56 Å². The van der Waals surface area contributed by atoms with Gasteiger partial charge in [0.25, 0.3) is 11.8 Å². The lowest BCUT2D eigenvalue weighted by molar-refractivity contribution is -0.146. The molecule has 0 saturated heterocycles. The number of Topliss-reactive ketones (excluding diaryl/α,β-unsaturated/α-hetero) is 1. The zero-order valence-corrected chi connectivity index (χ0v) is 13.5. The molecule has 0 aliphatic carbocycles. The molecule has 0 saturated carbocycles. The number of rotatable bonds is 5. The Balaban J connectivity index is 1.67. The maximum atomic E-state index is 12.3. The molecule has 1 atom stereocenters. The van der Waals surface area contributed by atoms with Crippen molar-refractivity contribution < 1.29 is 23.9 Å². The zero-order chi connectivity index (χ0) is 18.0. The van der Waals surface area contributed by atoms with E-state index in [0.717, 1.165) is 4.90 Å². The molecule has 1 aliphatic rings. The first-order chi connectivity index (χ1) is 12.0. The number of fused-ring (bicyclic) bond motifs is 1. The van der Waals surface area contributed by atoms with Crippen LogP contribution in [-0.2, 0) is 9.53 Å². The highest BCUT2D eigenvalue weighted by Crippen LogP contribution is 2.24. The van der Waals surface area contributed by atoms with Gasteiger partial charge >= 0.3 is 5.97 Å². The van der Waals surface area contributed by atoms with Crippen molar-refractivity contribution in [2.45, 2.75) is 13.0 Å². The highest BCUT2D eigenvalue weighted by Gasteiger charge is 2.41. The maximum Gasteiger partial charge on any atom is 0.329 e. The summed E-state index contributed by atoms with van der Waals surface area (Å²) in [5, 5.41) is 0. The predicted molar refractivity (Wildman–Crippen MR) is 88.1 cm³/mol. The second-order valence-corrected chi connectivity index (χ2v) is 5.60. The molecule has 3 rings (SSSR count). The van der Waals surface area contributed by atoms with Gasteiger partial charge in [0.05, 0.1) is 11.1 Å². The highest BCUT2D eigenvalue weighted by atomic mass is 16.5. The van der Waals surface area contributed by atoms with E-state index in [1.165, 1.54) is 19.1 Å². The number of hydrogen-bond donors (Lipinski definition) is 0. The Bertz CT molecular complexity index is 824. The lowest BCUT2D eigenvalue weighted by Crippen LogP contribution is -2.44. The third kappa shape index (κ3) is 3.06. The molecule has 25 heavy (non-hydrogen) atoms. The molecule has 126 valence electrons. The molecule has 2 aromatic carbocycles. The standard InChI is InChI=1S/C19H15NO5/c1-12(19(24)25-11-16(21)13-7-3-2-4-8-13)20-17(22)14-9-5-6-10-15(14)18(20)23/h2-10,12H,11H2,1H3/t12-/m0/s1. The summed E-state index contributed by atoms with van der Waals surface area (Å²) in [5.41, 5.74) is 0.934. The van der Waals surface area contributed by atoms with Gasteiger partial charge in [0.2, 0.25) is 0 Å². The SMILES string of the molecule is C[C@@H](C(=O)OCC(=O)c1ccccc1)N1C(=O)c2ccccc2C1=O. The van der Waals surface area contributed by atoms with Crippen molar-refractivity contribution in [3.05, 3.63) is 71.3 Å². The summed E-state index contributed by atoms with van der Waals surface area (Å²) >= 11 is 0. The number of imide groups is 1. The Kier molecular flexibility index (Phi) is 4.43. The first-order valence-corrected chi connectivity index (χ1v) is 7.72. The Morgan fingerprint density at radius 3 is 2.00 bits per heavy atom. The Morgan fingerprint density at radius 1 is 0.920 bits per heavy atom. The summed E-state index contributed by atoms with van der Waals surface area (Å²) in [4.78, 5) is 49.7. The topological polar surface area (TPSA) is 80.8 Å². The fourth-order valence-electron chi connectivity index (χ4n) is 2.63. The summed E-state index contributed by atoms with van der Waals surface area (Å²) in [5.74, 6) is -2.25. The van der Waals surface area contributed by atoms with Gasteiger partial charge in [-0.25, -0.2) is 4.79 Å². The summed E-state index contributed by atoms with van der Waals surface area (Å²) in [7, 11) is 0. The van der Waals surface area contributed by atoms with Crippen molar-refractivity contribution in [3.8, 4) is 0 Å². The summed E-state index contributed by atoms with van der Waals surface area (Å²) in [6, 6.07) is 13.7. The largest absolute Gasteiger partial charge is 0.456 e.